The van der Waals surface area contributed by atoms with Crippen molar-refractivity contribution in [1.29, 1.82) is 0 Å². The van der Waals surface area contributed by atoms with Crippen LogP contribution in [-0.2, 0) is 38.1 Å². The van der Waals surface area contributed by atoms with E-state index in [1.807, 2.05) is 0 Å². The van der Waals surface area contributed by atoms with Crippen molar-refractivity contribution in [3.8, 4) is 0 Å². The molecule has 0 aromatic carbocycles. The van der Waals surface area contributed by atoms with Gasteiger partial charge in [-0.15, -0.1) is 0 Å². The first-order valence-corrected chi connectivity index (χ1v) is 9.05. The lowest BCUT2D eigenvalue weighted by molar-refractivity contribution is -0.153. The summed E-state index contributed by atoms with van der Waals surface area (Å²) in [5, 5.41) is 1.90. The molecule has 2 bridgehead atoms. The molecule has 0 aliphatic carbocycles. The molecule has 3 saturated heterocycles. The van der Waals surface area contributed by atoms with Crippen LogP contribution in [0.25, 0.3) is 0 Å². The molecule has 24 heavy (non-hydrogen) atoms. The van der Waals surface area contributed by atoms with Gasteiger partial charge in [-0.05, 0) is 13.3 Å². The summed E-state index contributed by atoms with van der Waals surface area (Å²) in [6.45, 7) is 4.89. The summed E-state index contributed by atoms with van der Waals surface area (Å²) < 4.78 is 44.5. The first-order chi connectivity index (χ1) is 11.3. The maximum atomic E-state index is 11.8. The van der Waals surface area contributed by atoms with E-state index >= 15 is 0 Å². The molecule has 3 heterocycles. The second-order valence-corrected chi connectivity index (χ2v) is 7.78. The molecule has 0 spiro atoms. The number of amides is 1. The van der Waals surface area contributed by atoms with Gasteiger partial charge >= 0.3 is 5.97 Å². The number of rotatable bonds is 7. The van der Waals surface area contributed by atoms with Crippen molar-refractivity contribution in [3.63, 3.8) is 0 Å². The van der Waals surface area contributed by atoms with E-state index in [4.69, 9.17) is 18.4 Å². The Balaban J connectivity index is 1.39. The van der Waals surface area contributed by atoms with Crippen LogP contribution in [0.15, 0.2) is 12.2 Å². The Bertz CT molecular complexity index is 660. The van der Waals surface area contributed by atoms with E-state index < -0.39 is 39.6 Å². The monoisotopic (exact) mass is 361 g/mol. The normalized spacial score (nSPS) is 35.0. The van der Waals surface area contributed by atoms with Gasteiger partial charge in [0.1, 0.15) is 36.8 Å². The van der Waals surface area contributed by atoms with Gasteiger partial charge in [0.05, 0.1) is 12.6 Å². The number of esters is 1. The lowest BCUT2D eigenvalue weighted by Crippen LogP contribution is -2.41. The van der Waals surface area contributed by atoms with Gasteiger partial charge in [0, 0.05) is 5.57 Å². The van der Waals surface area contributed by atoms with Crippen LogP contribution in [-0.4, -0.2) is 69.7 Å². The lowest BCUT2D eigenvalue weighted by Gasteiger charge is -2.21. The average Bonchev–Trinajstić information content (AvgIpc) is 3.11. The molecule has 5 atom stereocenters. The number of fused-ring (bicyclic) bond motifs is 1. The molecule has 3 aliphatic heterocycles. The minimum atomic E-state index is -3.60. The predicted molar refractivity (Wildman–Crippen MR) is 79.4 cm³/mol. The summed E-state index contributed by atoms with van der Waals surface area (Å²) >= 11 is 0. The van der Waals surface area contributed by atoms with E-state index in [2.05, 4.69) is 11.9 Å². The van der Waals surface area contributed by atoms with Crippen LogP contribution >= 0.6 is 0 Å². The fourth-order valence-electron chi connectivity index (χ4n) is 3.11. The fraction of sp³-hybridized carbons (Fsp3) is 0.714. The van der Waals surface area contributed by atoms with Gasteiger partial charge in [0.15, 0.2) is 0 Å². The van der Waals surface area contributed by atoms with Crippen molar-refractivity contribution in [3.05, 3.63) is 12.2 Å². The van der Waals surface area contributed by atoms with E-state index in [1.165, 1.54) is 0 Å². The molecule has 134 valence electrons. The minimum Gasteiger partial charge on any atom is -0.462 e. The highest BCUT2D eigenvalue weighted by atomic mass is 32.2. The van der Waals surface area contributed by atoms with Gasteiger partial charge in [-0.2, -0.15) is 8.42 Å². The molecule has 9 nitrogen and oxygen atoms in total. The zero-order chi connectivity index (χ0) is 17.5. The Labute approximate surface area is 139 Å². The Hall–Kier alpha value is -1.49. The fourth-order valence-corrected chi connectivity index (χ4v) is 4.76. The van der Waals surface area contributed by atoms with Crippen LogP contribution < -0.4 is 5.32 Å². The third-order valence-corrected chi connectivity index (χ3v) is 5.92. The standard InChI is InChI=1S/C14H19NO8S/c1-7(2)14(17)15-3-4-20-10(16)6-21-11-8-5-9-12(22-8)13(11)23-24(9,18)19/h8-9,11-13H,1,3-6H2,2H3,(H,15,17). The van der Waals surface area contributed by atoms with Crippen molar-refractivity contribution in [2.75, 3.05) is 19.8 Å². The van der Waals surface area contributed by atoms with E-state index in [0.29, 0.717) is 12.0 Å². The summed E-state index contributed by atoms with van der Waals surface area (Å²) in [6, 6.07) is 0. The molecule has 5 unspecified atom stereocenters. The molecule has 3 rings (SSSR count). The van der Waals surface area contributed by atoms with E-state index in [9.17, 15) is 18.0 Å². The highest BCUT2D eigenvalue weighted by molar-refractivity contribution is 7.87. The van der Waals surface area contributed by atoms with Gasteiger partial charge in [-0.1, -0.05) is 6.58 Å². The van der Waals surface area contributed by atoms with Crippen molar-refractivity contribution >= 4 is 22.0 Å². The first-order valence-electron chi connectivity index (χ1n) is 7.58. The predicted octanol–water partition coefficient (Wildman–Crippen LogP) is -1.12. The van der Waals surface area contributed by atoms with Crippen LogP contribution in [0.3, 0.4) is 0 Å². The Morgan fingerprint density at radius 3 is 2.79 bits per heavy atom. The first kappa shape index (κ1) is 17.3. The van der Waals surface area contributed by atoms with Gasteiger partial charge < -0.3 is 19.5 Å². The number of nitrogens with one attached hydrogen (secondary N) is 1. The summed E-state index contributed by atoms with van der Waals surface area (Å²) in [4.78, 5) is 22.9. The van der Waals surface area contributed by atoms with E-state index in [-0.39, 0.29) is 31.8 Å². The summed E-state index contributed by atoms with van der Waals surface area (Å²) in [6.07, 6.45) is -1.88. The molecule has 0 saturated carbocycles. The third-order valence-electron chi connectivity index (χ3n) is 4.22. The number of ether oxygens (including phenoxy) is 3. The molecule has 1 amide bonds. The largest absolute Gasteiger partial charge is 0.462 e. The molecule has 3 fully saturated rings. The molecule has 3 aliphatic rings. The van der Waals surface area contributed by atoms with Gasteiger partial charge in [-0.25, -0.2) is 4.79 Å². The zero-order valence-electron chi connectivity index (χ0n) is 13.1. The average molecular weight is 361 g/mol. The van der Waals surface area contributed by atoms with Crippen molar-refractivity contribution in [2.24, 2.45) is 0 Å². The zero-order valence-corrected chi connectivity index (χ0v) is 13.9. The van der Waals surface area contributed by atoms with Crippen molar-refractivity contribution in [2.45, 2.75) is 43.0 Å². The number of carbonyl (C=O) groups excluding carboxylic acids is 2. The Kier molecular flexibility index (Phi) is 4.65. The van der Waals surface area contributed by atoms with Crippen LogP contribution in [0.2, 0.25) is 0 Å². The summed E-state index contributed by atoms with van der Waals surface area (Å²) in [7, 11) is -3.60. The van der Waals surface area contributed by atoms with Gasteiger partial charge in [0.2, 0.25) is 5.91 Å². The van der Waals surface area contributed by atoms with Gasteiger partial charge in [0.25, 0.3) is 10.1 Å². The Morgan fingerprint density at radius 2 is 2.08 bits per heavy atom. The molecule has 0 radical (unpaired) electrons. The molecular weight excluding hydrogens is 342 g/mol. The van der Waals surface area contributed by atoms with Gasteiger partial charge in [-0.3, -0.25) is 8.98 Å². The third kappa shape index (κ3) is 3.18. The smallest absolute Gasteiger partial charge is 0.332 e. The highest BCUT2D eigenvalue weighted by Gasteiger charge is 2.66. The minimum absolute atomic E-state index is 0.00478. The quantitative estimate of drug-likeness (QED) is 0.262. The molecule has 0 aromatic rings. The maximum Gasteiger partial charge on any atom is 0.332 e. The van der Waals surface area contributed by atoms with Crippen molar-refractivity contribution in [1.82, 2.24) is 5.32 Å². The van der Waals surface area contributed by atoms with Crippen LogP contribution in [0.1, 0.15) is 13.3 Å². The summed E-state index contributed by atoms with van der Waals surface area (Å²) in [5.41, 5.74) is 0.366. The second kappa shape index (κ2) is 6.43. The van der Waals surface area contributed by atoms with E-state index in [1.54, 1.807) is 6.92 Å². The molecule has 1 N–H and O–H groups in total. The van der Waals surface area contributed by atoms with Crippen LogP contribution in [0.4, 0.5) is 0 Å². The van der Waals surface area contributed by atoms with Crippen LogP contribution in [0.5, 0.6) is 0 Å². The Morgan fingerprint density at radius 1 is 1.33 bits per heavy atom. The molecule has 0 aromatic heterocycles. The number of hydrogen-bond acceptors (Lipinski definition) is 8. The van der Waals surface area contributed by atoms with Crippen molar-refractivity contribution < 1.29 is 36.4 Å². The van der Waals surface area contributed by atoms with E-state index in [0.717, 1.165) is 0 Å². The number of carbonyl (C=O) groups is 2. The second-order valence-electron chi connectivity index (χ2n) is 6.00. The summed E-state index contributed by atoms with van der Waals surface area (Å²) in [5.74, 6) is -0.921. The molecule has 10 heteroatoms. The SMILES string of the molecule is C=C(C)C(=O)NCCOC(=O)COC1C2CC3C(O2)C1OS3(=O)=O. The van der Waals surface area contributed by atoms with Crippen LogP contribution in [0, 0.1) is 0 Å². The maximum absolute atomic E-state index is 11.8. The number of hydrogen-bond donors (Lipinski definition) is 1. The lowest BCUT2D eigenvalue weighted by atomic mass is 9.94. The molecular formula is C14H19NO8S. The highest BCUT2D eigenvalue weighted by Crippen LogP contribution is 2.47. The topological polar surface area (TPSA) is 117 Å².